The number of para-hydroxylation sites is 1. The topological polar surface area (TPSA) is 67.6 Å². The van der Waals surface area contributed by atoms with Crippen LogP contribution in [0.25, 0.3) is 0 Å². The van der Waals surface area contributed by atoms with Crippen LogP contribution in [0.5, 0.6) is 5.75 Å². The van der Waals surface area contributed by atoms with Gasteiger partial charge in [-0.1, -0.05) is 18.2 Å². The first-order valence-corrected chi connectivity index (χ1v) is 7.56. The molecular formula is C17H19N3O3. The largest absolute Gasteiger partial charge is 0.490 e. The molecule has 0 aliphatic carbocycles. The van der Waals surface area contributed by atoms with Crippen molar-refractivity contribution in [2.75, 3.05) is 30.4 Å². The molecule has 0 aromatic heterocycles. The van der Waals surface area contributed by atoms with Crippen LogP contribution in [0.3, 0.4) is 0 Å². The highest BCUT2D eigenvalue weighted by molar-refractivity contribution is 5.59. The fourth-order valence-electron chi connectivity index (χ4n) is 2.91. The van der Waals surface area contributed by atoms with E-state index in [1.807, 2.05) is 18.2 Å². The Labute approximate surface area is 134 Å². The van der Waals surface area contributed by atoms with E-state index in [4.69, 9.17) is 4.74 Å². The van der Waals surface area contributed by atoms with Crippen molar-refractivity contribution >= 4 is 17.1 Å². The smallest absolute Gasteiger partial charge is 0.311 e. The minimum Gasteiger partial charge on any atom is -0.490 e. The van der Waals surface area contributed by atoms with Crippen molar-refractivity contribution in [3.63, 3.8) is 0 Å². The summed E-state index contributed by atoms with van der Waals surface area (Å²) in [5, 5.41) is 14.4. The summed E-state index contributed by atoms with van der Waals surface area (Å²) in [5.41, 5.74) is 2.04. The molecule has 3 rings (SSSR count). The van der Waals surface area contributed by atoms with Crippen molar-refractivity contribution in [2.24, 2.45) is 0 Å². The number of benzene rings is 2. The molecule has 1 aliphatic rings. The Bertz CT molecular complexity index is 691. The molecule has 1 saturated heterocycles. The number of ether oxygens (including phenoxy) is 1. The molecule has 6 heteroatoms. The average molecular weight is 313 g/mol. The Kier molecular flexibility index (Phi) is 4.32. The second-order valence-electron chi connectivity index (χ2n) is 5.56. The summed E-state index contributed by atoms with van der Waals surface area (Å²) in [6, 6.07) is 15.5. The van der Waals surface area contributed by atoms with E-state index in [-0.39, 0.29) is 11.4 Å². The highest BCUT2D eigenvalue weighted by atomic mass is 16.6. The maximum absolute atomic E-state index is 10.9. The third kappa shape index (κ3) is 3.36. The van der Waals surface area contributed by atoms with E-state index in [0.29, 0.717) is 6.04 Å². The molecule has 0 spiro atoms. The number of methoxy groups -OCH3 is 1. The van der Waals surface area contributed by atoms with Gasteiger partial charge < -0.3 is 15.0 Å². The van der Waals surface area contributed by atoms with Crippen molar-refractivity contribution in [3.8, 4) is 5.75 Å². The van der Waals surface area contributed by atoms with Crippen molar-refractivity contribution in [2.45, 2.75) is 12.5 Å². The van der Waals surface area contributed by atoms with Crippen molar-refractivity contribution in [1.29, 1.82) is 0 Å². The van der Waals surface area contributed by atoms with E-state index in [9.17, 15) is 10.1 Å². The second-order valence-corrected chi connectivity index (χ2v) is 5.56. The Balaban J connectivity index is 1.68. The lowest BCUT2D eigenvalue weighted by molar-refractivity contribution is -0.385. The third-order valence-corrected chi connectivity index (χ3v) is 4.06. The molecule has 0 bridgehead atoms. The van der Waals surface area contributed by atoms with E-state index in [1.165, 1.54) is 18.9 Å². The second kappa shape index (κ2) is 6.56. The van der Waals surface area contributed by atoms with Gasteiger partial charge in [-0.15, -0.1) is 0 Å². The minimum atomic E-state index is -0.435. The van der Waals surface area contributed by atoms with Gasteiger partial charge in [0.2, 0.25) is 0 Å². The summed E-state index contributed by atoms with van der Waals surface area (Å²) in [4.78, 5) is 12.8. The molecule has 1 fully saturated rings. The predicted molar refractivity (Wildman–Crippen MR) is 90.3 cm³/mol. The lowest BCUT2D eigenvalue weighted by Gasteiger charge is -2.19. The van der Waals surface area contributed by atoms with E-state index in [1.54, 1.807) is 12.1 Å². The van der Waals surface area contributed by atoms with Gasteiger partial charge in [-0.3, -0.25) is 10.1 Å². The van der Waals surface area contributed by atoms with Gasteiger partial charge in [-0.05, 0) is 24.6 Å². The first kappa shape index (κ1) is 15.1. The monoisotopic (exact) mass is 313 g/mol. The van der Waals surface area contributed by atoms with Crippen LogP contribution >= 0.6 is 0 Å². The summed E-state index contributed by atoms with van der Waals surface area (Å²) in [5.74, 6) is 0.276. The van der Waals surface area contributed by atoms with Crippen LogP contribution in [0.1, 0.15) is 6.42 Å². The first-order valence-electron chi connectivity index (χ1n) is 7.56. The Morgan fingerprint density at radius 1 is 1.26 bits per heavy atom. The van der Waals surface area contributed by atoms with Gasteiger partial charge in [-0.25, -0.2) is 0 Å². The lowest BCUT2D eigenvalue weighted by atomic mass is 10.2. The zero-order chi connectivity index (χ0) is 16.2. The highest BCUT2D eigenvalue weighted by Crippen LogP contribution is 2.31. The van der Waals surface area contributed by atoms with Crippen molar-refractivity contribution in [1.82, 2.24) is 0 Å². The molecule has 1 unspecified atom stereocenters. The maximum Gasteiger partial charge on any atom is 0.311 e. The fraction of sp³-hybridized carbons (Fsp3) is 0.294. The van der Waals surface area contributed by atoms with Gasteiger partial charge in [-0.2, -0.15) is 0 Å². The van der Waals surface area contributed by atoms with E-state index in [2.05, 4.69) is 22.3 Å². The summed E-state index contributed by atoms with van der Waals surface area (Å²) in [7, 11) is 1.44. The number of nitro benzene ring substituents is 1. The molecule has 120 valence electrons. The molecule has 23 heavy (non-hydrogen) atoms. The normalized spacial score (nSPS) is 17.1. The van der Waals surface area contributed by atoms with Gasteiger partial charge >= 0.3 is 5.69 Å². The number of hydrogen-bond donors (Lipinski definition) is 1. The number of nitrogens with one attached hydrogen (secondary N) is 1. The van der Waals surface area contributed by atoms with Gasteiger partial charge in [0.1, 0.15) is 0 Å². The highest BCUT2D eigenvalue weighted by Gasteiger charge is 2.23. The number of anilines is 2. The molecule has 0 radical (unpaired) electrons. The number of nitrogens with zero attached hydrogens (tertiary/aromatic N) is 2. The van der Waals surface area contributed by atoms with Crippen molar-refractivity contribution < 1.29 is 9.66 Å². The molecule has 0 amide bonds. The quantitative estimate of drug-likeness (QED) is 0.677. The van der Waals surface area contributed by atoms with Crippen LogP contribution in [-0.4, -0.2) is 31.2 Å². The number of nitro groups is 1. The first-order chi connectivity index (χ1) is 11.2. The molecule has 2 aromatic rings. The zero-order valence-corrected chi connectivity index (χ0v) is 12.9. The zero-order valence-electron chi connectivity index (χ0n) is 12.9. The van der Waals surface area contributed by atoms with Gasteiger partial charge in [0.15, 0.2) is 5.75 Å². The van der Waals surface area contributed by atoms with Crippen LogP contribution in [0.15, 0.2) is 48.5 Å². The van der Waals surface area contributed by atoms with Crippen LogP contribution in [-0.2, 0) is 0 Å². The molecular weight excluding hydrogens is 294 g/mol. The van der Waals surface area contributed by atoms with E-state index < -0.39 is 4.92 Å². The van der Waals surface area contributed by atoms with Crippen LogP contribution < -0.4 is 15.0 Å². The SMILES string of the molecule is COc1cc(NC2CCN(c3ccccc3)C2)ccc1[N+](=O)[O-]. The van der Waals surface area contributed by atoms with Crippen LogP contribution in [0.2, 0.25) is 0 Å². The number of hydrogen-bond acceptors (Lipinski definition) is 5. The van der Waals surface area contributed by atoms with Crippen molar-refractivity contribution in [3.05, 3.63) is 58.6 Å². The molecule has 1 N–H and O–H groups in total. The Hall–Kier alpha value is -2.76. The molecule has 0 saturated carbocycles. The Morgan fingerprint density at radius 2 is 2.04 bits per heavy atom. The Morgan fingerprint density at radius 3 is 2.74 bits per heavy atom. The summed E-state index contributed by atoms with van der Waals surface area (Å²) in [6.07, 6.45) is 1.02. The molecule has 6 nitrogen and oxygen atoms in total. The molecule has 1 heterocycles. The van der Waals surface area contributed by atoms with Gasteiger partial charge in [0.25, 0.3) is 0 Å². The predicted octanol–water partition coefficient (Wildman–Crippen LogP) is 3.29. The van der Waals surface area contributed by atoms with E-state index in [0.717, 1.165) is 25.2 Å². The minimum absolute atomic E-state index is 0.0182. The van der Waals surface area contributed by atoms with Crippen LogP contribution in [0, 0.1) is 10.1 Å². The fourth-order valence-corrected chi connectivity index (χ4v) is 2.91. The standard InChI is InChI=1S/C17H19N3O3/c1-23-17-11-13(7-8-16(17)20(21)22)18-14-9-10-19(12-14)15-5-3-2-4-6-15/h2-8,11,14,18H,9-10,12H2,1H3. The summed E-state index contributed by atoms with van der Waals surface area (Å²) in [6.45, 7) is 1.90. The molecule has 1 aliphatic heterocycles. The lowest BCUT2D eigenvalue weighted by Crippen LogP contribution is -2.25. The average Bonchev–Trinajstić information content (AvgIpc) is 3.04. The van der Waals surface area contributed by atoms with Crippen LogP contribution in [0.4, 0.5) is 17.1 Å². The van der Waals surface area contributed by atoms with E-state index >= 15 is 0 Å². The third-order valence-electron chi connectivity index (χ3n) is 4.06. The molecule has 1 atom stereocenters. The summed E-state index contributed by atoms with van der Waals surface area (Å²) < 4.78 is 5.11. The summed E-state index contributed by atoms with van der Waals surface area (Å²) >= 11 is 0. The van der Waals surface area contributed by atoms with Gasteiger partial charge in [0, 0.05) is 42.6 Å². The molecule has 2 aromatic carbocycles. The maximum atomic E-state index is 10.9. The van der Waals surface area contributed by atoms with Gasteiger partial charge in [0.05, 0.1) is 12.0 Å². The number of rotatable bonds is 5.